The zero-order valence-corrected chi connectivity index (χ0v) is 31.2. The molecule has 2 aromatic heterocycles. The number of nitrogens with zero attached hydrogens (tertiary/aromatic N) is 4. The number of halogens is 1. The average Bonchev–Trinajstić information content (AvgIpc) is 3.52. The minimum absolute atomic E-state index is 0.0506. The molecule has 4 atom stereocenters. The van der Waals surface area contributed by atoms with Crippen molar-refractivity contribution in [3.63, 3.8) is 0 Å². The maximum Gasteiger partial charge on any atom is 0.290 e. The second-order valence-electron chi connectivity index (χ2n) is 15.0. The molecule has 1 saturated heterocycles. The van der Waals surface area contributed by atoms with Crippen LogP contribution < -0.4 is 10.9 Å². The van der Waals surface area contributed by atoms with E-state index in [0.717, 1.165) is 4.57 Å². The fraction of sp³-hybridized carbons (Fsp3) is 0.594. The van der Waals surface area contributed by atoms with Crippen molar-refractivity contribution in [2.24, 2.45) is 0 Å². The van der Waals surface area contributed by atoms with E-state index in [1.165, 1.54) is 17.8 Å². The van der Waals surface area contributed by atoms with Gasteiger partial charge >= 0.3 is 0 Å². The molecule has 0 saturated carbocycles. The number of imidazole rings is 1. The number of hydrogen-bond donors (Lipinski definition) is 1. The fourth-order valence-corrected chi connectivity index (χ4v) is 7.08. The topological polar surface area (TPSA) is 136 Å². The van der Waals surface area contributed by atoms with Gasteiger partial charge in [0.1, 0.15) is 18.3 Å². The van der Waals surface area contributed by atoms with Gasteiger partial charge in [0.05, 0.1) is 12.9 Å². The Balaban J connectivity index is 1.87. The molecule has 1 aliphatic rings. The quantitative estimate of drug-likeness (QED) is 0.260. The average molecular weight is 690 g/mol. The van der Waals surface area contributed by atoms with Gasteiger partial charge in [-0.1, -0.05) is 59.7 Å². The zero-order chi connectivity index (χ0) is 35.1. The monoisotopic (exact) mass is 689 g/mol. The third kappa shape index (κ3) is 7.49. The Morgan fingerprint density at radius 3 is 2.17 bits per heavy atom. The number of ether oxygens (including phenoxy) is 2. The van der Waals surface area contributed by atoms with Gasteiger partial charge < -0.3 is 18.3 Å². The Morgan fingerprint density at radius 2 is 1.62 bits per heavy atom. The van der Waals surface area contributed by atoms with Crippen LogP contribution in [0.15, 0.2) is 41.5 Å². The second kappa shape index (κ2) is 13.4. The summed E-state index contributed by atoms with van der Waals surface area (Å²) in [6, 6.07) is 8.19. The minimum Gasteiger partial charge on any atom is -0.414 e. The molecule has 0 unspecified atom stereocenters. The number of benzene rings is 1. The summed E-state index contributed by atoms with van der Waals surface area (Å²) in [6.45, 7) is 21.3. The van der Waals surface area contributed by atoms with Crippen molar-refractivity contribution in [1.29, 1.82) is 0 Å². The van der Waals surface area contributed by atoms with Crippen LogP contribution in [0.4, 0.5) is 10.3 Å². The van der Waals surface area contributed by atoms with Crippen molar-refractivity contribution in [3.8, 4) is 0 Å². The first-order valence-electron chi connectivity index (χ1n) is 15.7. The van der Waals surface area contributed by atoms with Gasteiger partial charge in [-0.25, -0.2) is 13.9 Å². The number of hydrogen-bond acceptors (Lipinski definition) is 9. The van der Waals surface area contributed by atoms with Crippen LogP contribution >= 0.6 is 0 Å². The predicted octanol–water partition coefficient (Wildman–Crippen LogP) is 5.86. The molecule has 4 rings (SSSR count). The van der Waals surface area contributed by atoms with E-state index in [9.17, 15) is 18.8 Å². The van der Waals surface area contributed by atoms with Gasteiger partial charge in [-0.15, -0.1) is 0 Å². The molecule has 1 aromatic carbocycles. The minimum atomic E-state index is -2.52. The molecule has 15 heteroatoms. The molecule has 3 heterocycles. The van der Waals surface area contributed by atoms with E-state index in [2.05, 4.69) is 83.0 Å². The first-order valence-corrected chi connectivity index (χ1v) is 21.5. The maximum absolute atomic E-state index is 14.0. The van der Waals surface area contributed by atoms with Crippen molar-refractivity contribution in [2.75, 3.05) is 18.8 Å². The summed E-state index contributed by atoms with van der Waals surface area (Å²) in [6.07, 6.45) is -2.01. The number of carbonyl (C=O) groups excluding carboxylic acids is 2. The second-order valence-corrected chi connectivity index (χ2v) is 24.5. The van der Waals surface area contributed by atoms with E-state index in [1.54, 1.807) is 30.3 Å². The molecular weight excluding hydrogens is 642 g/mol. The number of alkyl halides is 1. The molecule has 3 aromatic rings. The molecule has 47 heavy (non-hydrogen) atoms. The summed E-state index contributed by atoms with van der Waals surface area (Å²) in [5.41, 5.74) is -0.628. The van der Waals surface area contributed by atoms with Crippen LogP contribution in [0, 0.1) is 0 Å². The van der Waals surface area contributed by atoms with Gasteiger partial charge in [-0.05, 0) is 48.4 Å². The molecule has 1 aliphatic heterocycles. The van der Waals surface area contributed by atoms with Gasteiger partial charge in [0.15, 0.2) is 40.9 Å². The van der Waals surface area contributed by atoms with Crippen molar-refractivity contribution in [2.45, 2.75) is 109 Å². The third-order valence-corrected chi connectivity index (χ3v) is 18.5. The van der Waals surface area contributed by atoms with Crippen LogP contribution in [0.25, 0.3) is 11.2 Å². The summed E-state index contributed by atoms with van der Waals surface area (Å²) in [5.74, 6) is -1.49. The number of nitrogens with one attached hydrogen (secondary N) is 1. The first-order chi connectivity index (χ1) is 21.7. The van der Waals surface area contributed by atoms with Crippen LogP contribution in [0.1, 0.15) is 65.1 Å². The molecule has 1 N–H and O–H groups in total. The van der Waals surface area contributed by atoms with Crippen LogP contribution in [0.3, 0.4) is 0 Å². The SMILES string of the molecule is CC(=O)Nc1nc2c(ncn2[C@@H]2O[C@H](CO[Si](C)(C)C(C)(C)C)[C@@H](OCF)[C@H]2O[Si](C)(C)C(C)(C)C)c(=O)n1C(=O)c1ccccc1. The summed E-state index contributed by atoms with van der Waals surface area (Å²) in [7, 11) is -4.76. The number of carbonyl (C=O) groups is 2. The number of anilines is 1. The van der Waals surface area contributed by atoms with E-state index < -0.39 is 65.4 Å². The van der Waals surface area contributed by atoms with Gasteiger partial charge in [-0.2, -0.15) is 4.98 Å². The molecule has 1 amide bonds. The zero-order valence-electron chi connectivity index (χ0n) is 29.2. The fourth-order valence-electron chi connectivity index (χ4n) is 4.78. The van der Waals surface area contributed by atoms with E-state index >= 15 is 0 Å². The molecule has 258 valence electrons. The van der Waals surface area contributed by atoms with Crippen molar-refractivity contribution < 1.29 is 32.3 Å². The predicted molar refractivity (Wildman–Crippen MR) is 182 cm³/mol. The molecule has 0 bridgehead atoms. The van der Waals surface area contributed by atoms with Crippen LogP contribution in [0.5, 0.6) is 0 Å². The van der Waals surface area contributed by atoms with Gasteiger partial charge in [-0.3, -0.25) is 24.3 Å². The van der Waals surface area contributed by atoms with Crippen molar-refractivity contribution in [3.05, 3.63) is 52.6 Å². The van der Waals surface area contributed by atoms with Crippen LogP contribution in [-0.2, 0) is 23.1 Å². The Morgan fingerprint density at radius 1 is 1.00 bits per heavy atom. The molecule has 0 spiro atoms. The van der Waals surface area contributed by atoms with Crippen LogP contribution in [0.2, 0.25) is 36.3 Å². The summed E-state index contributed by atoms with van der Waals surface area (Å²) < 4.78 is 42.0. The lowest BCUT2D eigenvalue weighted by atomic mass is 10.1. The summed E-state index contributed by atoms with van der Waals surface area (Å²) in [5, 5.41) is 2.22. The molecule has 12 nitrogen and oxygen atoms in total. The highest BCUT2D eigenvalue weighted by atomic mass is 28.4. The largest absolute Gasteiger partial charge is 0.414 e. The normalized spacial score (nSPS) is 20.9. The summed E-state index contributed by atoms with van der Waals surface area (Å²) >= 11 is 0. The molecular formula is C32H48FN5O7Si2. The highest BCUT2D eigenvalue weighted by Gasteiger charge is 2.53. The molecule has 0 aliphatic carbocycles. The van der Waals surface area contributed by atoms with E-state index in [0.29, 0.717) is 0 Å². The summed E-state index contributed by atoms with van der Waals surface area (Å²) in [4.78, 5) is 48.5. The third-order valence-electron chi connectivity index (χ3n) is 9.58. The number of rotatable bonds is 10. The molecule has 1 fully saturated rings. The highest BCUT2D eigenvalue weighted by molar-refractivity contribution is 6.74. The maximum atomic E-state index is 14.0. The molecule has 0 radical (unpaired) electrons. The standard InChI is InChI=1S/C32H48FN5O7Si2/c1-20(39)35-30-36-26-23(28(41)38(30)27(40)21-15-13-12-14-16-21)34-19-37(26)29-25(45-47(10,11)32(5,6)7)24(42-18-33)22(44-29)17-43-46(8,9)31(2,3)4/h12-16,19,22,24-25,29H,17-18H2,1-11H3,(H,35,36,39)/t22-,24-,25-,29-/m1/s1. The van der Waals surface area contributed by atoms with Crippen molar-refractivity contribution >= 4 is 45.6 Å². The lowest BCUT2D eigenvalue weighted by molar-refractivity contribution is -0.114. The Kier molecular flexibility index (Phi) is 10.5. The number of fused-ring (bicyclic) bond motifs is 1. The van der Waals surface area contributed by atoms with Gasteiger partial charge in [0, 0.05) is 12.5 Å². The van der Waals surface area contributed by atoms with E-state index in [4.69, 9.17) is 18.3 Å². The Labute approximate surface area is 277 Å². The lowest BCUT2D eigenvalue weighted by Crippen LogP contribution is -2.50. The van der Waals surface area contributed by atoms with Crippen molar-refractivity contribution in [1.82, 2.24) is 19.1 Å². The Bertz CT molecular complexity index is 1660. The van der Waals surface area contributed by atoms with Crippen LogP contribution in [-0.4, -0.2) is 79.3 Å². The van der Waals surface area contributed by atoms with E-state index in [1.807, 2.05) is 0 Å². The Hall–Kier alpha value is -3.09. The number of amides is 1. The van der Waals surface area contributed by atoms with E-state index in [-0.39, 0.29) is 39.4 Å². The van der Waals surface area contributed by atoms with Gasteiger partial charge in [0.2, 0.25) is 11.9 Å². The van der Waals surface area contributed by atoms with Gasteiger partial charge in [0.25, 0.3) is 11.5 Å². The smallest absolute Gasteiger partial charge is 0.290 e. The lowest BCUT2D eigenvalue weighted by Gasteiger charge is -2.40. The number of aromatic nitrogens is 4. The first kappa shape index (κ1) is 36.7. The highest BCUT2D eigenvalue weighted by Crippen LogP contribution is 2.44.